The van der Waals surface area contributed by atoms with Crippen molar-refractivity contribution in [1.82, 2.24) is 44.3 Å². The van der Waals surface area contributed by atoms with Gasteiger partial charge in [0.15, 0.2) is 34.4 Å². The van der Waals surface area contributed by atoms with Gasteiger partial charge in [0.05, 0.1) is 72.7 Å². The number of ketones is 3. The number of carbonyl (C=O) groups excluding carboxylic acids is 6. The molecular weight excluding hydrogens is 977 g/mol. The molecule has 7 rings (SSSR count). The van der Waals surface area contributed by atoms with Crippen molar-refractivity contribution >= 4 is 69.4 Å². The third kappa shape index (κ3) is 14.7. The molecular formula is C50H56N12O13. The fourth-order valence-electron chi connectivity index (χ4n) is 6.83. The van der Waals surface area contributed by atoms with Gasteiger partial charge >= 0.3 is 17.9 Å². The van der Waals surface area contributed by atoms with Crippen LogP contribution in [0.4, 0.5) is 34.1 Å². The molecule has 0 unspecified atom stereocenters. The molecule has 3 N–H and O–H groups in total. The molecule has 1 fully saturated rings. The van der Waals surface area contributed by atoms with Crippen LogP contribution in [0.5, 0.6) is 0 Å². The maximum atomic E-state index is 12.7. The Hall–Kier alpha value is -9.13. The van der Waals surface area contributed by atoms with Crippen LogP contribution in [0.1, 0.15) is 117 Å². The first kappa shape index (κ1) is 56.8. The van der Waals surface area contributed by atoms with Crippen LogP contribution >= 0.6 is 0 Å². The van der Waals surface area contributed by atoms with Gasteiger partial charge in [-0.3, -0.25) is 43.7 Å². The number of methoxy groups -OCH3 is 2. The number of carbonyl (C=O) groups is 6. The lowest BCUT2D eigenvalue weighted by Crippen LogP contribution is -2.31. The summed E-state index contributed by atoms with van der Waals surface area (Å²) in [7, 11) is 2.66. The highest BCUT2D eigenvalue weighted by Gasteiger charge is 2.30. The van der Waals surface area contributed by atoms with Gasteiger partial charge in [-0.15, -0.1) is 0 Å². The number of hydrogen-bond acceptors (Lipinski definition) is 22. The number of nitrogens with zero attached hydrogens (tertiary/aromatic N) is 9. The van der Waals surface area contributed by atoms with Crippen molar-refractivity contribution in [3.05, 3.63) is 138 Å². The van der Waals surface area contributed by atoms with Crippen LogP contribution in [0.3, 0.4) is 0 Å². The van der Waals surface area contributed by atoms with E-state index in [1.54, 1.807) is 75.8 Å². The zero-order valence-corrected chi connectivity index (χ0v) is 42.5. The molecule has 0 atom stereocenters. The molecule has 0 aromatic carbocycles. The van der Waals surface area contributed by atoms with E-state index in [0.717, 1.165) is 26.9 Å². The van der Waals surface area contributed by atoms with Gasteiger partial charge in [-0.05, 0) is 96.7 Å². The smallest absolute Gasteiger partial charge is 0.359 e. The van der Waals surface area contributed by atoms with E-state index in [4.69, 9.17) is 14.2 Å². The highest BCUT2D eigenvalue weighted by Crippen LogP contribution is 2.30. The van der Waals surface area contributed by atoms with Crippen LogP contribution in [0.25, 0.3) is 0 Å². The molecule has 1 aliphatic carbocycles. The molecule has 25 nitrogen and oxygen atoms in total. The minimum absolute atomic E-state index is 0.000668. The number of nitrogens with one attached hydrogen (secondary N) is 3. The minimum Gasteiger partial charge on any atom is -0.464 e. The third-order valence-corrected chi connectivity index (χ3v) is 10.6. The van der Waals surface area contributed by atoms with Gasteiger partial charge in [-0.1, -0.05) is 0 Å². The second kappa shape index (κ2) is 27.1. The van der Waals surface area contributed by atoms with E-state index < -0.39 is 51.9 Å². The number of pyridine rings is 3. The molecule has 25 heteroatoms. The van der Waals surface area contributed by atoms with Crippen LogP contribution in [-0.4, -0.2) is 114 Å². The Kier molecular flexibility index (Phi) is 20.5. The number of Topliss-reactive ketones (excluding diaryl/α,β-unsaturated/α-hetero) is 3. The Balaban J connectivity index is 0.000000209. The van der Waals surface area contributed by atoms with Gasteiger partial charge in [0.25, 0.3) is 16.7 Å². The Bertz CT molecular complexity index is 3220. The predicted molar refractivity (Wildman–Crippen MR) is 272 cm³/mol. The van der Waals surface area contributed by atoms with Crippen molar-refractivity contribution in [3.8, 4) is 0 Å². The summed E-state index contributed by atoms with van der Waals surface area (Å²) in [5, 5.41) is 20.6. The number of ether oxygens (including phenoxy) is 4. The zero-order valence-electron chi connectivity index (χ0n) is 42.5. The maximum absolute atomic E-state index is 12.7. The number of aryl methyl sites for hydroxylation is 3. The topological polar surface area (TPSA) is 319 Å². The number of esters is 3. The van der Waals surface area contributed by atoms with Crippen molar-refractivity contribution in [3.63, 3.8) is 0 Å². The summed E-state index contributed by atoms with van der Waals surface area (Å²) >= 11 is 0. The third-order valence-electron chi connectivity index (χ3n) is 10.6. The van der Waals surface area contributed by atoms with Gasteiger partial charge in [-0.25, -0.2) is 28.4 Å². The second-order valence-corrected chi connectivity index (χ2v) is 16.1. The van der Waals surface area contributed by atoms with E-state index in [0.29, 0.717) is 29.6 Å². The Morgan fingerprint density at radius 1 is 0.533 bits per heavy atom. The summed E-state index contributed by atoms with van der Waals surface area (Å²) in [5.74, 6) is -3.30. The molecule has 0 radical (unpaired) electrons. The van der Waals surface area contributed by atoms with Crippen molar-refractivity contribution in [2.45, 2.75) is 74.0 Å². The first-order chi connectivity index (χ1) is 36.0. The summed E-state index contributed by atoms with van der Waals surface area (Å²) in [5.41, 5.74) is -0.894. The van der Waals surface area contributed by atoms with E-state index in [2.05, 4.69) is 50.9 Å². The molecule has 1 saturated carbocycles. The number of anilines is 6. The van der Waals surface area contributed by atoms with Crippen molar-refractivity contribution in [2.75, 3.05) is 50.0 Å². The van der Waals surface area contributed by atoms with Gasteiger partial charge in [0.1, 0.15) is 23.7 Å². The van der Waals surface area contributed by atoms with Crippen molar-refractivity contribution in [2.24, 2.45) is 5.92 Å². The monoisotopic (exact) mass is 1030 g/mol. The Morgan fingerprint density at radius 2 is 0.880 bits per heavy atom. The van der Waals surface area contributed by atoms with E-state index >= 15 is 0 Å². The highest BCUT2D eigenvalue weighted by molar-refractivity contribution is 6.10. The van der Waals surface area contributed by atoms with Gasteiger partial charge in [-0.2, -0.15) is 15.3 Å². The van der Waals surface area contributed by atoms with Crippen molar-refractivity contribution in [1.29, 1.82) is 0 Å². The fraction of sp³-hybridized carbons (Fsp3) is 0.340. The second-order valence-electron chi connectivity index (χ2n) is 16.1. The van der Waals surface area contributed by atoms with Crippen LogP contribution in [-0.2, 0) is 38.6 Å². The molecule has 1 aliphatic rings. The lowest BCUT2D eigenvalue weighted by atomic mass is 10.1. The number of hydrogen-bond donors (Lipinski definition) is 3. The minimum atomic E-state index is -0.802. The van der Waals surface area contributed by atoms with Gasteiger partial charge in [0, 0.05) is 45.3 Å². The van der Waals surface area contributed by atoms with E-state index in [-0.39, 0.29) is 83.7 Å². The lowest BCUT2D eigenvalue weighted by molar-refractivity contribution is 0.0375. The summed E-state index contributed by atoms with van der Waals surface area (Å²) in [6, 6.07) is 10.1. The summed E-state index contributed by atoms with van der Waals surface area (Å²) in [6.45, 7) is 10.2. The molecule has 394 valence electrons. The maximum Gasteiger partial charge on any atom is 0.359 e. The summed E-state index contributed by atoms with van der Waals surface area (Å²) < 4.78 is 23.2. The molecule has 0 spiro atoms. The fourth-order valence-corrected chi connectivity index (χ4v) is 6.83. The van der Waals surface area contributed by atoms with E-state index in [1.165, 1.54) is 53.6 Å². The average molecular weight is 1030 g/mol. The summed E-state index contributed by atoms with van der Waals surface area (Å²) in [4.78, 5) is 123. The predicted octanol–water partition coefficient (Wildman–Crippen LogP) is 4.97. The quantitative estimate of drug-likeness (QED) is 0.0393. The molecule has 0 bridgehead atoms. The molecule has 6 aromatic heterocycles. The summed E-state index contributed by atoms with van der Waals surface area (Å²) in [6.07, 6.45) is 11.3. The average Bonchev–Trinajstić information content (AvgIpc) is 4.25. The Labute approximate surface area is 428 Å². The standard InChI is InChI=1S/C18H20N4O4.C17H20N4O5.C15H16N4O4/c1-3-22-17(24)15(20-13-5-4-8-19-9-13)14(11(2)23)16(21-22)18(25)26-10-12-6-7-12;1-4-21-16(23)14(19-12-6-5-7-18-10-12)13(11(2)22)15(20-21)17(24)26-9-8-25-3;1-4-19-14(21)12(17-10-6-5-7-16-8-10)11(9(2)20)13(18-19)15(22)23-3/h4-5,8-9,12,20H,3,6-7,10H2,1-2H3;5-7,10,19H,4,8-9H2,1-3H3;5-8,17H,4H2,1-3H3. The number of rotatable bonds is 20. The van der Waals surface area contributed by atoms with Crippen LogP contribution < -0.4 is 32.6 Å². The molecule has 6 aromatic rings. The van der Waals surface area contributed by atoms with Crippen LogP contribution in [0.2, 0.25) is 0 Å². The van der Waals surface area contributed by atoms with Gasteiger partial charge < -0.3 is 34.9 Å². The van der Waals surface area contributed by atoms with Crippen LogP contribution in [0, 0.1) is 5.92 Å². The number of aromatic nitrogens is 9. The normalized spacial score (nSPS) is 11.4. The SMILES string of the molecule is CCn1nc(C(=O)OC)c(C(C)=O)c(Nc2cccnc2)c1=O.CCn1nc(C(=O)OCC2CC2)c(C(C)=O)c(Nc2cccnc2)c1=O.CCn1nc(C(=O)OCCOC)c(C(C)=O)c(Nc2cccnc2)c1=O. The zero-order chi connectivity index (χ0) is 54.8. The molecule has 0 saturated heterocycles. The molecule has 75 heavy (non-hydrogen) atoms. The first-order valence-corrected chi connectivity index (χ1v) is 23.4. The molecule has 0 amide bonds. The molecule has 0 aliphatic heterocycles. The largest absolute Gasteiger partial charge is 0.464 e. The lowest BCUT2D eigenvalue weighted by Gasteiger charge is -2.15. The first-order valence-electron chi connectivity index (χ1n) is 23.4. The van der Waals surface area contributed by atoms with E-state index in [1.807, 2.05) is 0 Å². The highest BCUT2D eigenvalue weighted by atomic mass is 16.6. The molecule has 6 heterocycles. The van der Waals surface area contributed by atoms with Crippen molar-refractivity contribution < 1.29 is 47.7 Å². The van der Waals surface area contributed by atoms with Crippen LogP contribution in [0.15, 0.2) is 88.0 Å². The van der Waals surface area contributed by atoms with Gasteiger partial charge in [0.2, 0.25) is 0 Å². The Morgan fingerprint density at radius 3 is 1.16 bits per heavy atom. The van der Waals surface area contributed by atoms with E-state index in [9.17, 15) is 43.2 Å².